The van der Waals surface area contributed by atoms with E-state index in [-0.39, 0.29) is 0 Å². The predicted molar refractivity (Wildman–Crippen MR) is 75.9 cm³/mol. The molecular weight excluding hydrogens is 224 g/mol. The van der Waals surface area contributed by atoms with Crippen LogP contribution in [0.3, 0.4) is 0 Å². The zero-order valence-corrected chi connectivity index (χ0v) is 10.7. The number of anilines is 2. The summed E-state index contributed by atoms with van der Waals surface area (Å²) < 4.78 is 5.13. The first-order chi connectivity index (χ1) is 8.69. The van der Waals surface area contributed by atoms with E-state index in [2.05, 4.69) is 18.3 Å². The maximum Gasteiger partial charge on any atom is 0.118 e. The SMILES string of the molecule is COc1ccc(CNc2cc(C)ccc2N)cc1. The second kappa shape index (κ2) is 5.45. The Morgan fingerprint density at radius 3 is 2.50 bits per heavy atom. The molecule has 3 heteroatoms. The lowest BCUT2D eigenvalue weighted by Crippen LogP contribution is -2.02. The van der Waals surface area contributed by atoms with Gasteiger partial charge in [-0.3, -0.25) is 0 Å². The molecule has 3 nitrogen and oxygen atoms in total. The van der Waals surface area contributed by atoms with E-state index in [4.69, 9.17) is 10.5 Å². The molecule has 0 aliphatic rings. The number of ether oxygens (including phenoxy) is 1. The van der Waals surface area contributed by atoms with Gasteiger partial charge >= 0.3 is 0 Å². The summed E-state index contributed by atoms with van der Waals surface area (Å²) >= 11 is 0. The van der Waals surface area contributed by atoms with Crippen LogP contribution in [0, 0.1) is 6.92 Å². The quantitative estimate of drug-likeness (QED) is 0.809. The van der Waals surface area contributed by atoms with Crippen LogP contribution < -0.4 is 15.8 Å². The number of nitrogens with one attached hydrogen (secondary N) is 1. The van der Waals surface area contributed by atoms with Crippen LogP contribution in [0.15, 0.2) is 42.5 Å². The molecule has 0 aromatic heterocycles. The summed E-state index contributed by atoms with van der Waals surface area (Å²) in [7, 11) is 1.67. The molecule has 0 amide bonds. The molecular formula is C15H18N2O. The number of benzene rings is 2. The van der Waals surface area contributed by atoms with Crippen molar-refractivity contribution in [3.05, 3.63) is 53.6 Å². The predicted octanol–water partition coefficient (Wildman–Crippen LogP) is 3.20. The van der Waals surface area contributed by atoms with Gasteiger partial charge in [-0.15, -0.1) is 0 Å². The van der Waals surface area contributed by atoms with Gasteiger partial charge in [0.2, 0.25) is 0 Å². The molecule has 3 N–H and O–H groups in total. The molecule has 2 aromatic rings. The molecule has 2 rings (SSSR count). The van der Waals surface area contributed by atoms with Gasteiger partial charge in [0.25, 0.3) is 0 Å². The number of rotatable bonds is 4. The zero-order valence-electron chi connectivity index (χ0n) is 10.7. The van der Waals surface area contributed by atoms with Crippen LogP contribution in [0.25, 0.3) is 0 Å². The standard InChI is InChI=1S/C15H18N2O/c1-11-3-8-14(16)15(9-11)17-10-12-4-6-13(18-2)7-5-12/h3-9,17H,10,16H2,1-2H3. The lowest BCUT2D eigenvalue weighted by Gasteiger charge is -2.10. The van der Waals surface area contributed by atoms with Crippen LogP contribution in [0.2, 0.25) is 0 Å². The maximum atomic E-state index is 5.92. The Balaban J connectivity index is 2.04. The van der Waals surface area contributed by atoms with Gasteiger partial charge in [-0.25, -0.2) is 0 Å². The molecule has 0 aliphatic heterocycles. The van der Waals surface area contributed by atoms with Crippen LogP contribution in [0.5, 0.6) is 5.75 Å². The van der Waals surface area contributed by atoms with E-state index in [1.54, 1.807) is 7.11 Å². The monoisotopic (exact) mass is 242 g/mol. The van der Waals surface area contributed by atoms with Crippen molar-refractivity contribution in [2.24, 2.45) is 0 Å². The second-order valence-corrected chi connectivity index (χ2v) is 4.29. The summed E-state index contributed by atoms with van der Waals surface area (Å²) in [6.45, 7) is 2.80. The van der Waals surface area contributed by atoms with Gasteiger partial charge in [0.05, 0.1) is 18.5 Å². The van der Waals surface area contributed by atoms with Crippen molar-refractivity contribution in [2.45, 2.75) is 13.5 Å². The number of aryl methyl sites for hydroxylation is 1. The Bertz CT molecular complexity index is 521. The first-order valence-corrected chi connectivity index (χ1v) is 5.92. The van der Waals surface area contributed by atoms with Gasteiger partial charge in [-0.1, -0.05) is 18.2 Å². The summed E-state index contributed by atoms with van der Waals surface area (Å²) in [6.07, 6.45) is 0. The molecule has 0 saturated carbocycles. The van der Waals surface area contributed by atoms with Crippen molar-refractivity contribution in [2.75, 3.05) is 18.2 Å². The van der Waals surface area contributed by atoms with Gasteiger partial charge in [0.1, 0.15) is 5.75 Å². The Hall–Kier alpha value is -2.16. The van der Waals surface area contributed by atoms with Crippen LogP contribution >= 0.6 is 0 Å². The van der Waals surface area contributed by atoms with Gasteiger partial charge in [0.15, 0.2) is 0 Å². The summed E-state index contributed by atoms with van der Waals surface area (Å²) in [5.74, 6) is 0.869. The van der Waals surface area contributed by atoms with Crippen molar-refractivity contribution < 1.29 is 4.74 Å². The minimum atomic E-state index is 0.748. The van der Waals surface area contributed by atoms with E-state index < -0.39 is 0 Å². The first kappa shape index (κ1) is 12.3. The first-order valence-electron chi connectivity index (χ1n) is 5.92. The summed E-state index contributed by atoms with van der Waals surface area (Å²) in [6, 6.07) is 14.0. The molecule has 18 heavy (non-hydrogen) atoms. The Labute approximate surface area is 108 Å². The fourth-order valence-electron chi connectivity index (χ4n) is 1.76. The van der Waals surface area contributed by atoms with Crippen LogP contribution in [0.1, 0.15) is 11.1 Å². The van der Waals surface area contributed by atoms with Gasteiger partial charge in [-0.2, -0.15) is 0 Å². The molecule has 0 heterocycles. The lowest BCUT2D eigenvalue weighted by molar-refractivity contribution is 0.414. The minimum Gasteiger partial charge on any atom is -0.497 e. The van der Waals surface area contributed by atoms with Crippen molar-refractivity contribution in [1.29, 1.82) is 0 Å². The fraction of sp³-hybridized carbons (Fsp3) is 0.200. The molecule has 0 unspecified atom stereocenters. The van der Waals surface area contributed by atoms with Crippen molar-refractivity contribution in [1.82, 2.24) is 0 Å². The highest BCUT2D eigenvalue weighted by Gasteiger charge is 1.99. The van der Waals surface area contributed by atoms with E-state index in [1.165, 1.54) is 11.1 Å². The molecule has 0 fully saturated rings. The molecule has 2 aromatic carbocycles. The number of nitrogens with two attached hydrogens (primary N) is 1. The third-order valence-electron chi connectivity index (χ3n) is 2.85. The largest absolute Gasteiger partial charge is 0.497 e. The summed E-state index contributed by atoms with van der Waals surface area (Å²) in [5, 5.41) is 3.34. The smallest absolute Gasteiger partial charge is 0.118 e. The molecule has 0 radical (unpaired) electrons. The van der Waals surface area contributed by atoms with Crippen LogP contribution in [0.4, 0.5) is 11.4 Å². The number of nitrogen functional groups attached to an aromatic ring is 1. The highest BCUT2D eigenvalue weighted by Crippen LogP contribution is 2.20. The summed E-state index contributed by atoms with van der Waals surface area (Å²) in [5.41, 5.74) is 10.1. The van der Waals surface area contributed by atoms with Crippen LogP contribution in [-0.2, 0) is 6.54 Å². The van der Waals surface area contributed by atoms with Crippen molar-refractivity contribution in [3.8, 4) is 5.75 Å². The average molecular weight is 242 g/mol. The fourth-order valence-corrected chi connectivity index (χ4v) is 1.76. The van der Waals surface area contributed by atoms with Crippen molar-refractivity contribution in [3.63, 3.8) is 0 Å². The maximum absolute atomic E-state index is 5.92. The minimum absolute atomic E-state index is 0.748. The van der Waals surface area contributed by atoms with Gasteiger partial charge in [-0.05, 0) is 42.3 Å². The lowest BCUT2D eigenvalue weighted by atomic mass is 10.1. The zero-order chi connectivity index (χ0) is 13.0. The third-order valence-corrected chi connectivity index (χ3v) is 2.85. The molecule has 0 saturated heterocycles. The van der Waals surface area contributed by atoms with E-state index >= 15 is 0 Å². The Morgan fingerprint density at radius 2 is 1.83 bits per heavy atom. The number of hydrogen-bond acceptors (Lipinski definition) is 3. The normalized spacial score (nSPS) is 10.1. The molecule has 94 valence electrons. The molecule has 0 bridgehead atoms. The Kier molecular flexibility index (Phi) is 3.72. The Morgan fingerprint density at radius 1 is 1.11 bits per heavy atom. The number of methoxy groups -OCH3 is 1. The summed E-state index contributed by atoms with van der Waals surface area (Å²) in [4.78, 5) is 0. The highest BCUT2D eigenvalue weighted by molar-refractivity contribution is 5.67. The average Bonchev–Trinajstić information content (AvgIpc) is 2.40. The highest BCUT2D eigenvalue weighted by atomic mass is 16.5. The van der Waals surface area contributed by atoms with Gasteiger partial charge < -0.3 is 15.8 Å². The second-order valence-electron chi connectivity index (χ2n) is 4.29. The van der Waals surface area contributed by atoms with Crippen LogP contribution in [-0.4, -0.2) is 7.11 Å². The van der Waals surface area contributed by atoms with Gasteiger partial charge in [0, 0.05) is 6.54 Å². The molecule has 0 spiro atoms. The number of hydrogen-bond donors (Lipinski definition) is 2. The third kappa shape index (κ3) is 2.94. The topological polar surface area (TPSA) is 47.3 Å². The van der Waals surface area contributed by atoms with E-state index in [1.807, 2.05) is 36.4 Å². The van der Waals surface area contributed by atoms with Crippen molar-refractivity contribution >= 4 is 11.4 Å². The van der Waals surface area contributed by atoms with E-state index in [0.717, 1.165) is 23.7 Å². The van der Waals surface area contributed by atoms with E-state index in [9.17, 15) is 0 Å². The molecule has 0 atom stereocenters. The van der Waals surface area contributed by atoms with E-state index in [0.29, 0.717) is 0 Å². The molecule has 0 aliphatic carbocycles.